The van der Waals surface area contributed by atoms with E-state index < -0.39 is 35.6 Å². The highest BCUT2D eigenvalue weighted by molar-refractivity contribution is 7.15. The van der Waals surface area contributed by atoms with Crippen molar-refractivity contribution in [2.45, 2.75) is 112 Å². The molecule has 6 aromatic rings. The van der Waals surface area contributed by atoms with Crippen molar-refractivity contribution < 1.29 is 28.7 Å². The van der Waals surface area contributed by atoms with Gasteiger partial charge < -0.3 is 25.0 Å². The van der Waals surface area contributed by atoms with Crippen LogP contribution in [-0.4, -0.2) is 85.9 Å². The molecule has 3 aromatic heterocycles. The van der Waals surface area contributed by atoms with Gasteiger partial charge in [0.05, 0.1) is 41.4 Å². The molecule has 8 rings (SSSR count). The lowest BCUT2D eigenvalue weighted by Crippen LogP contribution is -2.59. The van der Waals surface area contributed by atoms with Crippen molar-refractivity contribution in [3.63, 3.8) is 0 Å². The molecule has 3 aromatic carbocycles. The summed E-state index contributed by atoms with van der Waals surface area (Å²) in [5.74, 6) is 0.478. The summed E-state index contributed by atoms with van der Waals surface area (Å²) >= 11 is 3.25. The van der Waals surface area contributed by atoms with Gasteiger partial charge in [0, 0.05) is 22.5 Å². The number of nitrogens with one attached hydrogen (secondary N) is 2. The fourth-order valence-electron chi connectivity index (χ4n) is 8.84. The second kappa shape index (κ2) is 19.6. The van der Waals surface area contributed by atoms with E-state index in [1.165, 1.54) is 7.11 Å². The second-order valence-electron chi connectivity index (χ2n) is 18.7. The number of aromatic nitrogens is 4. The van der Waals surface area contributed by atoms with Crippen LogP contribution in [0, 0.1) is 33.1 Å². The van der Waals surface area contributed by atoms with Gasteiger partial charge >= 0.3 is 5.97 Å². The van der Waals surface area contributed by atoms with E-state index in [0.29, 0.717) is 31.0 Å². The number of benzene rings is 3. The van der Waals surface area contributed by atoms with E-state index in [1.54, 1.807) is 34.5 Å². The van der Waals surface area contributed by atoms with Gasteiger partial charge in [-0.15, -0.1) is 32.9 Å². The van der Waals surface area contributed by atoms with Crippen LogP contribution in [0.25, 0.3) is 26.6 Å². The van der Waals surface area contributed by atoms with E-state index >= 15 is 0 Å². The molecule has 1 saturated heterocycles. The molecule has 1 unspecified atom stereocenters. The minimum atomic E-state index is -0.919. The molecule has 354 valence electrons. The topological polar surface area (TPSA) is 170 Å². The van der Waals surface area contributed by atoms with E-state index in [1.807, 2.05) is 124 Å². The predicted molar refractivity (Wildman–Crippen MR) is 265 cm³/mol. The average Bonchev–Trinajstić information content (AvgIpc) is 4.12. The quantitative estimate of drug-likeness (QED) is 0.107. The summed E-state index contributed by atoms with van der Waals surface area (Å²) in [5.41, 5.74) is 9.86. The molecule has 68 heavy (non-hydrogen) atoms. The Morgan fingerprint density at radius 2 is 1.50 bits per heavy atom. The van der Waals surface area contributed by atoms with Crippen molar-refractivity contribution in [3.8, 4) is 32.3 Å². The summed E-state index contributed by atoms with van der Waals surface area (Å²) in [4.78, 5) is 67.8. The van der Waals surface area contributed by atoms with E-state index in [9.17, 15) is 19.2 Å². The monoisotopic (exact) mass is 954 g/mol. The van der Waals surface area contributed by atoms with Crippen LogP contribution in [0.2, 0.25) is 0 Å². The summed E-state index contributed by atoms with van der Waals surface area (Å²) in [6.07, 6.45) is 0.323. The number of hydrogen-bond acceptors (Lipinski definition) is 12. The number of amides is 3. The Morgan fingerprint density at radius 3 is 2.13 bits per heavy atom. The molecular formula is C52H58N8O6S2. The lowest BCUT2D eigenvalue weighted by atomic mass is 9.85. The van der Waals surface area contributed by atoms with E-state index in [2.05, 4.69) is 39.7 Å². The first-order valence-electron chi connectivity index (χ1n) is 22.9. The zero-order valence-corrected chi connectivity index (χ0v) is 41.8. The van der Waals surface area contributed by atoms with Gasteiger partial charge in [-0.3, -0.25) is 28.7 Å². The Kier molecular flexibility index (Phi) is 13.8. The number of thiazole rings is 1. The maximum atomic E-state index is 14.3. The summed E-state index contributed by atoms with van der Waals surface area (Å²) in [6.45, 7) is 17.8. The summed E-state index contributed by atoms with van der Waals surface area (Å²) < 4.78 is 13.2. The number of fused-ring (bicyclic) bond motifs is 3. The zero-order valence-electron chi connectivity index (χ0n) is 40.2. The Morgan fingerprint density at radius 1 is 0.853 bits per heavy atom. The lowest BCUT2D eigenvalue weighted by molar-refractivity contribution is -0.145. The molecular weight excluding hydrogens is 897 g/mol. The van der Waals surface area contributed by atoms with Crippen LogP contribution in [0.15, 0.2) is 83.3 Å². The van der Waals surface area contributed by atoms with Crippen molar-refractivity contribution in [2.75, 3.05) is 13.7 Å². The van der Waals surface area contributed by atoms with E-state index in [4.69, 9.17) is 14.5 Å². The van der Waals surface area contributed by atoms with Gasteiger partial charge in [-0.1, -0.05) is 81.4 Å². The zero-order chi connectivity index (χ0) is 48.6. The van der Waals surface area contributed by atoms with Gasteiger partial charge in [0.1, 0.15) is 34.7 Å². The standard InChI is InChI=1S/C52H58N8O6S2/c1-28-32(5)68-51-43(28)44(55-40(26-42(61)65-10)47-58-57-33(6)60(47)51)37-17-15-35(16-18-37)36-21-23-39(24-22-36)66-31(4)48(62)56-46(52(7,8)9)50(64)59-25-11-12-41(59)49(63)54-29(2)34-13-19-38(20-14-34)45-30(3)53-27-67-45/h13-24,27,29,31,40-41,46H,11-12,25-26H2,1-10H3,(H,54,63)(H,56,62)/t29-,31?,40-,41-,46+/m0/s1. The third kappa shape index (κ3) is 9.74. The number of methoxy groups -OCH3 is 1. The number of aliphatic imine (C=N–C) groups is 1. The largest absolute Gasteiger partial charge is 0.481 e. The first-order valence-corrected chi connectivity index (χ1v) is 24.6. The molecule has 2 aliphatic rings. The van der Waals surface area contributed by atoms with Gasteiger partial charge in [-0.05, 0) is 99.7 Å². The number of hydrogen-bond donors (Lipinski definition) is 2. The highest BCUT2D eigenvalue weighted by Gasteiger charge is 2.43. The SMILES string of the molecule is COC(=O)C[C@@H]1N=C(c2ccc(-c3ccc(OC(C)C(=O)N[C@H](C(=O)N4CCC[C@H]4C(=O)N[C@@H](C)c4ccc(-c5scnc5C)cc4)C(C)(C)C)cc3)cc2)c2c(sc(C)c2C)-n2c(C)nnc21. The number of carbonyl (C=O) groups is 4. The molecule has 3 amide bonds. The average molecular weight is 955 g/mol. The third-order valence-electron chi connectivity index (χ3n) is 12.9. The fraction of sp³-hybridized carbons (Fsp3) is 0.385. The molecule has 5 atom stereocenters. The number of thiophene rings is 1. The van der Waals surface area contributed by atoms with E-state index in [-0.39, 0.29) is 30.2 Å². The highest BCUT2D eigenvalue weighted by atomic mass is 32.1. The van der Waals surface area contributed by atoms with Crippen molar-refractivity contribution in [2.24, 2.45) is 10.4 Å². The first kappa shape index (κ1) is 48.0. The summed E-state index contributed by atoms with van der Waals surface area (Å²) in [7, 11) is 1.37. The van der Waals surface area contributed by atoms with Crippen LogP contribution in [0.1, 0.15) is 110 Å². The van der Waals surface area contributed by atoms with Crippen LogP contribution < -0.4 is 15.4 Å². The molecule has 14 nitrogen and oxygen atoms in total. The smallest absolute Gasteiger partial charge is 0.308 e. The van der Waals surface area contributed by atoms with Gasteiger partial charge in [0.2, 0.25) is 11.8 Å². The van der Waals surface area contributed by atoms with Gasteiger partial charge in [0.25, 0.3) is 5.91 Å². The van der Waals surface area contributed by atoms with Crippen molar-refractivity contribution in [1.82, 2.24) is 35.3 Å². The molecule has 0 aliphatic carbocycles. The fourth-order valence-corrected chi connectivity index (χ4v) is 10.9. The minimum absolute atomic E-state index is 0.0263. The summed E-state index contributed by atoms with van der Waals surface area (Å²) in [6, 6.07) is 21.3. The number of ether oxygens (including phenoxy) is 2. The molecule has 2 N–H and O–H groups in total. The molecule has 0 bridgehead atoms. The second-order valence-corrected chi connectivity index (χ2v) is 20.7. The number of nitrogens with zero attached hydrogens (tertiary/aromatic N) is 6. The summed E-state index contributed by atoms with van der Waals surface area (Å²) in [5, 5.41) is 15.9. The van der Waals surface area contributed by atoms with Crippen LogP contribution in [-0.2, 0) is 23.9 Å². The molecule has 0 radical (unpaired) electrons. The maximum Gasteiger partial charge on any atom is 0.308 e. The van der Waals surface area contributed by atoms with Crippen molar-refractivity contribution >= 4 is 52.1 Å². The van der Waals surface area contributed by atoms with Crippen LogP contribution >= 0.6 is 22.7 Å². The number of likely N-dealkylation sites (tertiary alicyclic amines) is 1. The Bertz CT molecular complexity index is 2880. The Labute approximate surface area is 405 Å². The minimum Gasteiger partial charge on any atom is -0.481 e. The van der Waals surface area contributed by atoms with Crippen molar-refractivity contribution in [3.05, 3.63) is 123 Å². The predicted octanol–water partition coefficient (Wildman–Crippen LogP) is 8.97. The molecule has 0 saturated carbocycles. The Hall–Kier alpha value is -6.52. The Balaban J connectivity index is 0.912. The van der Waals surface area contributed by atoms with Crippen LogP contribution in [0.4, 0.5) is 0 Å². The maximum absolute atomic E-state index is 14.3. The van der Waals surface area contributed by atoms with Crippen molar-refractivity contribution in [1.29, 1.82) is 0 Å². The highest BCUT2D eigenvalue weighted by Crippen LogP contribution is 2.40. The van der Waals surface area contributed by atoms with Gasteiger partial charge in [-0.25, -0.2) is 4.98 Å². The first-order chi connectivity index (χ1) is 32.4. The lowest BCUT2D eigenvalue weighted by Gasteiger charge is -2.36. The van der Waals surface area contributed by atoms with Crippen LogP contribution in [0.3, 0.4) is 0 Å². The molecule has 16 heteroatoms. The molecule has 0 spiro atoms. The number of rotatable bonds is 13. The van der Waals surface area contributed by atoms with E-state index in [0.717, 1.165) is 70.9 Å². The normalized spacial score (nSPS) is 17.0. The molecule has 1 fully saturated rings. The van der Waals surface area contributed by atoms with Gasteiger partial charge in [-0.2, -0.15) is 0 Å². The number of esters is 1. The number of carbonyl (C=O) groups excluding carboxylic acids is 4. The van der Waals surface area contributed by atoms with Gasteiger partial charge in [0.15, 0.2) is 11.9 Å². The third-order valence-corrected chi connectivity index (χ3v) is 15.0. The molecule has 5 heterocycles. The van der Waals surface area contributed by atoms with Crippen LogP contribution in [0.5, 0.6) is 5.75 Å². The molecule has 2 aliphatic heterocycles. The number of aryl methyl sites for hydroxylation is 3.